The number of nitrogens with zero attached hydrogens (tertiary/aromatic N) is 4. The van der Waals surface area contributed by atoms with Crippen molar-refractivity contribution in [1.82, 2.24) is 25.2 Å². The Morgan fingerprint density at radius 2 is 2.33 bits per heavy atom. The molecule has 18 heavy (non-hydrogen) atoms. The molecule has 0 aromatic carbocycles. The van der Waals surface area contributed by atoms with Gasteiger partial charge in [0.25, 0.3) is 0 Å². The molecule has 2 aromatic rings. The second-order valence-corrected chi connectivity index (χ2v) is 3.88. The molecule has 8 heteroatoms. The molecule has 2 rings (SSSR count). The summed E-state index contributed by atoms with van der Waals surface area (Å²) in [6.45, 7) is 4.09. The summed E-state index contributed by atoms with van der Waals surface area (Å²) in [6, 6.07) is 0. The summed E-state index contributed by atoms with van der Waals surface area (Å²) in [4.78, 5) is 15.4. The molecule has 0 unspecified atom stereocenters. The zero-order valence-corrected chi connectivity index (χ0v) is 10.2. The molecule has 0 saturated carbocycles. The van der Waals surface area contributed by atoms with Crippen molar-refractivity contribution < 1.29 is 9.32 Å². The molecule has 0 aliphatic carbocycles. The Labute approximate surface area is 103 Å². The van der Waals surface area contributed by atoms with E-state index >= 15 is 0 Å². The summed E-state index contributed by atoms with van der Waals surface area (Å²) >= 11 is 0. The summed E-state index contributed by atoms with van der Waals surface area (Å²) in [5.41, 5.74) is 7.02. The lowest BCUT2D eigenvalue weighted by atomic mass is 10.2. The van der Waals surface area contributed by atoms with E-state index < -0.39 is 0 Å². The van der Waals surface area contributed by atoms with Crippen molar-refractivity contribution >= 4 is 11.9 Å². The maximum atomic E-state index is 11.6. The first-order valence-corrected chi connectivity index (χ1v) is 5.39. The fourth-order valence-corrected chi connectivity index (χ4v) is 1.53. The summed E-state index contributed by atoms with van der Waals surface area (Å²) < 4.78 is 6.38. The van der Waals surface area contributed by atoms with Gasteiger partial charge < -0.3 is 15.6 Å². The Balaban J connectivity index is 1.89. The number of aromatic nitrogens is 4. The zero-order valence-electron chi connectivity index (χ0n) is 10.2. The summed E-state index contributed by atoms with van der Waals surface area (Å²) in [6.07, 6.45) is 1.41. The monoisotopic (exact) mass is 250 g/mol. The van der Waals surface area contributed by atoms with Crippen LogP contribution in [0.4, 0.5) is 5.95 Å². The fourth-order valence-electron chi connectivity index (χ4n) is 1.53. The second-order valence-electron chi connectivity index (χ2n) is 3.88. The van der Waals surface area contributed by atoms with E-state index in [1.165, 1.54) is 11.0 Å². The average molecular weight is 250 g/mol. The molecule has 0 aliphatic heterocycles. The third-order valence-electron chi connectivity index (χ3n) is 2.50. The topological polar surface area (TPSA) is 112 Å². The minimum absolute atomic E-state index is 0.0770. The van der Waals surface area contributed by atoms with Crippen LogP contribution >= 0.6 is 0 Å². The van der Waals surface area contributed by atoms with E-state index in [1.807, 2.05) is 6.92 Å². The lowest BCUT2D eigenvalue weighted by Gasteiger charge is -2.04. The van der Waals surface area contributed by atoms with Crippen LogP contribution in [0.1, 0.15) is 17.0 Å². The molecule has 0 spiro atoms. The third kappa shape index (κ3) is 2.65. The SMILES string of the molecule is Cc1noc(C)c1CNC(=O)Cn1cnc(N)n1. The average Bonchev–Trinajstić information content (AvgIpc) is 2.84. The first-order chi connectivity index (χ1) is 8.56. The van der Waals surface area contributed by atoms with Crippen LogP contribution in [0.5, 0.6) is 0 Å². The van der Waals surface area contributed by atoms with Crippen LogP contribution in [0.15, 0.2) is 10.9 Å². The predicted octanol–water partition coefficient (Wildman–Crippen LogP) is -0.218. The highest BCUT2D eigenvalue weighted by atomic mass is 16.5. The van der Waals surface area contributed by atoms with Crippen molar-refractivity contribution in [2.45, 2.75) is 26.9 Å². The lowest BCUT2D eigenvalue weighted by Crippen LogP contribution is -2.27. The minimum atomic E-state index is -0.181. The molecule has 0 bridgehead atoms. The largest absolute Gasteiger partial charge is 0.367 e. The molecule has 2 aromatic heterocycles. The van der Waals surface area contributed by atoms with Gasteiger partial charge in [0.1, 0.15) is 18.6 Å². The Hall–Kier alpha value is -2.38. The zero-order chi connectivity index (χ0) is 13.1. The Morgan fingerprint density at radius 3 is 2.89 bits per heavy atom. The summed E-state index contributed by atoms with van der Waals surface area (Å²) in [5.74, 6) is 0.672. The maximum Gasteiger partial charge on any atom is 0.242 e. The van der Waals surface area contributed by atoms with E-state index in [9.17, 15) is 4.79 Å². The van der Waals surface area contributed by atoms with E-state index in [2.05, 4.69) is 20.6 Å². The van der Waals surface area contributed by atoms with Gasteiger partial charge in [-0.15, -0.1) is 5.10 Å². The van der Waals surface area contributed by atoms with E-state index in [1.54, 1.807) is 6.92 Å². The van der Waals surface area contributed by atoms with Crippen LogP contribution in [-0.2, 0) is 17.9 Å². The normalized spacial score (nSPS) is 10.6. The van der Waals surface area contributed by atoms with Crippen LogP contribution in [0, 0.1) is 13.8 Å². The maximum absolute atomic E-state index is 11.6. The van der Waals surface area contributed by atoms with Gasteiger partial charge in [0, 0.05) is 12.1 Å². The van der Waals surface area contributed by atoms with Crippen LogP contribution < -0.4 is 11.1 Å². The molecule has 1 amide bonds. The Morgan fingerprint density at radius 1 is 1.56 bits per heavy atom. The van der Waals surface area contributed by atoms with E-state index in [4.69, 9.17) is 10.3 Å². The smallest absolute Gasteiger partial charge is 0.242 e. The van der Waals surface area contributed by atoms with Crippen molar-refractivity contribution in [2.75, 3.05) is 5.73 Å². The number of nitrogens with two attached hydrogens (primary N) is 1. The van der Waals surface area contributed by atoms with Crippen LogP contribution in [0.2, 0.25) is 0 Å². The van der Waals surface area contributed by atoms with Gasteiger partial charge in [-0.1, -0.05) is 5.16 Å². The quantitative estimate of drug-likeness (QED) is 0.776. The predicted molar refractivity (Wildman–Crippen MR) is 62.3 cm³/mol. The molecule has 0 fully saturated rings. The third-order valence-corrected chi connectivity index (χ3v) is 2.50. The highest BCUT2D eigenvalue weighted by Crippen LogP contribution is 2.11. The minimum Gasteiger partial charge on any atom is -0.367 e. The summed E-state index contributed by atoms with van der Waals surface area (Å²) in [5, 5.41) is 10.4. The number of rotatable bonds is 4. The van der Waals surface area contributed by atoms with Gasteiger partial charge in [0.15, 0.2) is 0 Å². The first kappa shape index (κ1) is 12.1. The number of carbonyl (C=O) groups excluding carboxylic acids is 1. The molecule has 3 N–H and O–H groups in total. The van der Waals surface area contributed by atoms with Gasteiger partial charge in [-0.05, 0) is 13.8 Å². The van der Waals surface area contributed by atoms with Crippen molar-refractivity contribution in [3.63, 3.8) is 0 Å². The van der Waals surface area contributed by atoms with Crippen LogP contribution in [-0.4, -0.2) is 25.8 Å². The molecule has 96 valence electrons. The number of nitrogens with one attached hydrogen (secondary N) is 1. The highest BCUT2D eigenvalue weighted by Gasteiger charge is 2.10. The van der Waals surface area contributed by atoms with Gasteiger partial charge in [-0.3, -0.25) is 4.79 Å². The van der Waals surface area contributed by atoms with Crippen molar-refractivity contribution in [1.29, 1.82) is 0 Å². The molecule has 0 saturated heterocycles. The Bertz CT molecular complexity index is 539. The Kier molecular flexibility index (Phi) is 3.26. The molecule has 0 aliphatic rings. The van der Waals surface area contributed by atoms with Gasteiger partial charge in [0.2, 0.25) is 11.9 Å². The highest BCUT2D eigenvalue weighted by molar-refractivity contribution is 5.75. The van der Waals surface area contributed by atoms with E-state index in [-0.39, 0.29) is 18.4 Å². The molecular formula is C10H14N6O2. The lowest BCUT2D eigenvalue weighted by molar-refractivity contribution is -0.122. The summed E-state index contributed by atoms with van der Waals surface area (Å²) in [7, 11) is 0. The molecule has 2 heterocycles. The van der Waals surface area contributed by atoms with Crippen molar-refractivity contribution in [3.8, 4) is 0 Å². The van der Waals surface area contributed by atoms with Crippen LogP contribution in [0.3, 0.4) is 0 Å². The second kappa shape index (κ2) is 4.86. The first-order valence-electron chi connectivity index (χ1n) is 5.39. The number of aryl methyl sites for hydroxylation is 2. The van der Waals surface area contributed by atoms with Crippen molar-refractivity contribution in [2.24, 2.45) is 0 Å². The number of hydrogen-bond donors (Lipinski definition) is 2. The number of amides is 1. The fraction of sp³-hybridized carbons (Fsp3) is 0.400. The van der Waals surface area contributed by atoms with Gasteiger partial charge in [0.05, 0.1) is 5.69 Å². The number of nitrogen functional groups attached to an aromatic ring is 1. The number of anilines is 1. The number of carbonyl (C=O) groups is 1. The van der Waals surface area contributed by atoms with E-state index in [0.29, 0.717) is 12.3 Å². The molecule has 0 atom stereocenters. The number of hydrogen-bond acceptors (Lipinski definition) is 6. The van der Waals surface area contributed by atoms with Crippen molar-refractivity contribution in [3.05, 3.63) is 23.3 Å². The molecular weight excluding hydrogens is 236 g/mol. The van der Waals surface area contributed by atoms with Gasteiger partial charge in [-0.2, -0.15) is 0 Å². The molecule has 0 radical (unpaired) electrons. The standard InChI is InChI=1S/C10H14N6O2/c1-6-8(7(2)18-15-6)3-12-9(17)4-16-5-13-10(11)14-16/h5H,3-4H2,1-2H3,(H2,11,14)(H,12,17). The van der Waals surface area contributed by atoms with Crippen LogP contribution in [0.25, 0.3) is 0 Å². The molecule has 8 nitrogen and oxygen atoms in total. The van der Waals surface area contributed by atoms with Gasteiger partial charge >= 0.3 is 0 Å². The van der Waals surface area contributed by atoms with Gasteiger partial charge in [-0.25, -0.2) is 9.67 Å². The van der Waals surface area contributed by atoms with E-state index in [0.717, 1.165) is 11.3 Å².